The summed E-state index contributed by atoms with van der Waals surface area (Å²) in [5.74, 6) is 0. The number of nitrogen functional groups attached to an aromatic ring is 1. The Morgan fingerprint density at radius 1 is 1.43 bits per heavy atom. The number of hydrogen-bond donors (Lipinski definition) is 1. The van der Waals surface area contributed by atoms with Crippen LogP contribution >= 0.6 is 7.37 Å². The summed E-state index contributed by atoms with van der Waals surface area (Å²) in [5.41, 5.74) is 6.25. The molecule has 0 bridgehead atoms. The van der Waals surface area contributed by atoms with Crippen LogP contribution in [0.2, 0.25) is 0 Å². The van der Waals surface area contributed by atoms with E-state index < -0.39 is 7.37 Å². The topological polar surface area (TPSA) is 52.3 Å². The van der Waals surface area contributed by atoms with Crippen molar-refractivity contribution in [3.05, 3.63) is 24.3 Å². The molecule has 4 heteroatoms. The average Bonchev–Trinajstić information content (AvgIpc) is 2.18. The quantitative estimate of drug-likeness (QED) is 0.616. The molecule has 1 rings (SSSR count). The van der Waals surface area contributed by atoms with E-state index in [1.54, 1.807) is 24.3 Å². The molecule has 3 nitrogen and oxygen atoms in total. The van der Waals surface area contributed by atoms with Crippen molar-refractivity contribution in [1.29, 1.82) is 0 Å². The van der Waals surface area contributed by atoms with E-state index in [4.69, 9.17) is 10.3 Å². The van der Waals surface area contributed by atoms with Gasteiger partial charge in [-0.2, -0.15) is 0 Å². The second-order valence-electron chi connectivity index (χ2n) is 3.00. The maximum Gasteiger partial charge on any atom is 0.231 e. The van der Waals surface area contributed by atoms with Gasteiger partial charge < -0.3 is 10.3 Å². The van der Waals surface area contributed by atoms with Gasteiger partial charge in [-0.15, -0.1) is 0 Å². The Balaban J connectivity index is 3.06. The highest BCUT2D eigenvalue weighted by Gasteiger charge is 2.22. The summed E-state index contributed by atoms with van der Waals surface area (Å²) >= 11 is 0. The lowest BCUT2D eigenvalue weighted by Crippen LogP contribution is -2.10. The van der Waals surface area contributed by atoms with Crippen LogP contribution in [0.15, 0.2) is 24.3 Å². The molecule has 1 aromatic carbocycles. The normalized spacial score (nSPS) is 15.0. The van der Waals surface area contributed by atoms with Crippen LogP contribution in [0.5, 0.6) is 0 Å². The Morgan fingerprint density at radius 3 is 2.64 bits per heavy atom. The van der Waals surface area contributed by atoms with E-state index >= 15 is 0 Å². The predicted octanol–water partition coefficient (Wildman–Crippen LogP) is 2.23. The molecule has 0 aliphatic heterocycles. The van der Waals surface area contributed by atoms with Crippen LogP contribution < -0.4 is 11.0 Å². The molecule has 0 unspecified atom stereocenters. The van der Waals surface area contributed by atoms with Crippen LogP contribution in [0.25, 0.3) is 0 Å². The number of benzene rings is 1. The molecule has 0 saturated heterocycles. The van der Waals surface area contributed by atoms with E-state index in [9.17, 15) is 4.57 Å². The lowest BCUT2D eigenvalue weighted by molar-refractivity contribution is 0.341. The van der Waals surface area contributed by atoms with E-state index in [2.05, 4.69) is 0 Å². The minimum absolute atomic E-state index is 0.458. The van der Waals surface area contributed by atoms with Crippen LogP contribution in [-0.4, -0.2) is 12.8 Å². The molecule has 14 heavy (non-hydrogen) atoms. The summed E-state index contributed by atoms with van der Waals surface area (Å²) < 4.78 is 17.6. The van der Waals surface area contributed by atoms with E-state index in [0.29, 0.717) is 23.8 Å². The fourth-order valence-electron chi connectivity index (χ4n) is 1.29. The Morgan fingerprint density at radius 2 is 2.14 bits per heavy atom. The second-order valence-corrected chi connectivity index (χ2v) is 5.76. The summed E-state index contributed by atoms with van der Waals surface area (Å²) in [4.78, 5) is 0. The largest absolute Gasteiger partial charge is 0.399 e. The van der Waals surface area contributed by atoms with Crippen LogP contribution in [-0.2, 0) is 9.09 Å². The van der Waals surface area contributed by atoms with Crippen LogP contribution in [0.4, 0.5) is 5.69 Å². The lowest BCUT2D eigenvalue weighted by atomic mass is 10.3. The first-order chi connectivity index (χ1) is 6.62. The molecule has 0 aliphatic rings. The molecule has 0 radical (unpaired) electrons. The van der Waals surface area contributed by atoms with Gasteiger partial charge in [-0.3, -0.25) is 4.57 Å². The molecule has 2 N–H and O–H groups in total. The fraction of sp³-hybridized carbons (Fsp3) is 0.400. The van der Waals surface area contributed by atoms with Gasteiger partial charge in [0, 0.05) is 17.2 Å². The van der Waals surface area contributed by atoms with Crippen LogP contribution in [0.3, 0.4) is 0 Å². The molecule has 0 spiro atoms. The minimum atomic E-state index is -2.66. The standard InChI is InChI=1S/C10H16NO2P/c1-3-13-14(12,4-2)10-7-5-6-9(11)8-10/h5-8H,3-4,11H2,1-2H3/t14-/m1/s1. The zero-order valence-corrected chi connectivity index (χ0v) is 9.46. The molecule has 1 aromatic rings. The molecule has 0 saturated carbocycles. The van der Waals surface area contributed by atoms with E-state index in [1.165, 1.54) is 0 Å². The molecule has 0 fully saturated rings. The fourth-order valence-corrected chi connectivity index (χ4v) is 3.07. The maximum absolute atomic E-state index is 12.3. The summed E-state index contributed by atoms with van der Waals surface area (Å²) in [6.45, 7) is 4.16. The van der Waals surface area contributed by atoms with Gasteiger partial charge in [0.2, 0.25) is 7.37 Å². The van der Waals surface area contributed by atoms with Gasteiger partial charge in [0.25, 0.3) is 0 Å². The van der Waals surface area contributed by atoms with Crippen molar-refractivity contribution < 1.29 is 9.09 Å². The zero-order chi connectivity index (χ0) is 10.6. The van der Waals surface area contributed by atoms with Crippen molar-refractivity contribution in [2.24, 2.45) is 0 Å². The molecular formula is C10H16NO2P. The molecular weight excluding hydrogens is 197 g/mol. The Kier molecular flexibility index (Phi) is 3.73. The highest BCUT2D eigenvalue weighted by molar-refractivity contribution is 7.66. The van der Waals surface area contributed by atoms with Crippen LogP contribution in [0, 0.1) is 0 Å². The highest BCUT2D eigenvalue weighted by atomic mass is 31.2. The molecule has 0 heterocycles. The summed E-state index contributed by atoms with van der Waals surface area (Å²) in [6.07, 6.45) is 0.504. The third-order valence-corrected chi connectivity index (χ3v) is 4.59. The van der Waals surface area contributed by atoms with Crippen molar-refractivity contribution in [2.45, 2.75) is 13.8 Å². The zero-order valence-electron chi connectivity index (χ0n) is 8.56. The van der Waals surface area contributed by atoms with Crippen molar-refractivity contribution in [1.82, 2.24) is 0 Å². The SMILES string of the molecule is CCO[P@](=O)(CC)c1cccc(N)c1. The van der Waals surface area contributed by atoms with Crippen molar-refractivity contribution in [3.63, 3.8) is 0 Å². The van der Waals surface area contributed by atoms with Gasteiger partial charge in [0.1, 0.15) is 0 Å². The first-order valence-corrected chi connectivity index (χ1v) is 6.53. The lowest BCUT2D eigenvalue weighted by Gasteiger charge is -2.16. The Labute approximate surface area is 84.7 Å². The Hall–Kier alpha value is -0.790. The van der Waals surface area contributed by atoms with Gasteiger partial charge in [-0.05, 0) is 25.1 Å². The van der Waals surface area contributed by atoms with E-state index in [-0.39, 0.29) is 0 Å². The van der Waals surface area contributed by atoms with Crippen LogP contribution in [0.1, 0.15) is 13.8 Å². The molecule has 0 aliphatic carbocycles. The number of nitrogens with two attached hydrogens (primary N) is 1. The predicted molar refractivity (Wildman–Crippen MR) is 60.3 cm³/mol. The second kappa shape index (κ2) is 4.63. The molecule has 0 amide bonds. The minimum Gasteiger partial charge on any atom is -0.399 e. The maximum atomic E-state index is 12.3. The van der Waals surface area contributed by atoms with Gasteiger partial charge in [0.15, 0.2) is 0 Å². The summed E-state index contributed by atoms with van der Waals surface area (Å²) in [7, 11) is -2.66. The third-order valence-electron chi connectivity index (χ3n) is 2.02. The molecule has 78 valence electrons. The smallest absolute Gasteiger partial charge is 0.231 e. The first kappa shape index (κ1) is 11.3. The first-order valence-electron chi connectivity index (χ1n) is 4.72. The third kappa shape index (κ3) is 2.37. The Bertz CT molecular complexity index is 352. The monoisotopic (exact) mass is 213 g/mol. The van der Waals surface area contributed by atoms with Crippen molar-refractivity contribution in [3.8, 4) is 0 Å². The van der Waals surface area contributed by atoms with Gasteiger partial charge in [0.05, 0.1) is 6.61 Å². The van der Waals surface area contributed by atoms with Gasteiger partial charge >= 0.3 is 0 Å². The van der Waals surface area contributed by atoms with E-state index in [1.807, 2.05) is 13.8 Å². The number of anilines is 1. The van der Waals surface area contributed by atoms with Gasteiger partial charge in [-0.1, -0.05) is 13.0 Å². The average molecular weight is 213 g/mol. The van der Waals surface area contributed by atoms with Crippen molar-refractivity contribution >= 4 is 18.4 Å². The highest BCUT2D eigenvalue weighted by Crippen LogP contribution is 2.45. The van der Waals surface area contributed by atoms with Crippen molar-refractivity contribution in [2.75, 3.05) is 18.5 Å². The molecule has 0 aromatic heterocycles. The summed E-state index contributed by atoms with van der Waals surface area (Å²) in [6, 6.07) is 7.09. The molecule has 1 atom stereocenters. The van der Waals surface area contributed by atoms with Gasteiger partial charge in [-0.25, -0.2) is 0 Å². The van der Waals surface area contributed by atoms with E-state index in [0.717, 1.165) is 0 Å². The summed E-state index contributed by atoms with van der Waals surface area (Å²) in [5, 5.41) is 0.710. The number of rotatable bonds is 4. The number of hydrogen-bond acceptors (Lipinski definition) is 3.